The Balaban J connectivity index is 1.86. The van der Waals surface area contributed by atoms with Gasteiger partial charge in [-0.2, -0.15) is 5.11 Å². The molecule has 1 aliphatic heterocycles. The maximum Gasteiger partial charge on any atom is 0.221 e. The van der Waals surface area contributed by atoms with Crippen molar-refractivity contribution in [2.45, 2.75) is 6.42 Å². The average molecular weight is 320 g/mol. The molecule has 24 heavy (non-hydrogen) atoms. The first-order valence-electron chi connectivity index (χ1n) is 7.87. The van der Waals surface area contributed by atoms with Crippen LogP contribution in [-0.2, 0) is 0 Å². The second-order valence-corrected chi connectivity index (χ2v) is 5.56. The first-order chi connectivity index (χ1) is 11.9. The minimum absolute atomic E-state index is 0.0997. The molecule has 4 rings (SSSR count). The predicted molar refractivity (Wildman–Crippen MR) is 92.7 cm³/mol. The van der Waals surface area contributed by atoms with Crippen LogP contribution < -0.4 is 4.74 Å². The summed E-state index contributed by atoms with van der Waals surface area (Å²) in [6.45, 7) is 1.03. The third kappa shape index (κ3) is 2.61. The van der Waals surface area contributed by atoms with Crippen molar-refractivity contribution in [2.75, 3.05) is 19.8 Å². The van der Waals surface area contributed by atoms with Gasteiger partial charge in [-0.15, -0.1) is 5.10 Å². The van der Waals surface area contributed by atoms with Crippen molar-refractivity contribution in [1.82, 2.24) is 4.98 Å². The molecule has 2 aromatic carbocycles. The Morgan fingerprint density at radius 2 is 1.92 bits per heavy atom. The average Bonchev–Trinajstić information content (AvgIpc) is 3.16. The van der Waals surface area contributed by atoms with E-state index < -0.39 is 0 Å². The summed E-state index contributed by atoms with van der Waals surface area (Å²) >= 11 is 0. The van der Waals surface area contributed by atoms with Crippen LogP contribution in [0.1, 0.15) is 12.0 Å². The van der Waals surface area contributed by atoms with E-state index in [1.165, 1.54) is 0 Å². The highest BCUT2D eigenvalue weighted by molar-refractivity contribution is 6.11. The van der Waals surface area contributed by atoms with E-state index in [1.54, 1.807) is 0 Å². The molecule has 120 valence electrons. The Kier molecular flexibility index (Phi) is 3.88. The van der Waals surface area contributed by atoms with Gasteiger partial charge in [0.1, 0.15) is 6.54 Å². The SMILES string of the molecule is OCCCOc1nc2cc(C3=NN=NC3)ccc2c2ccccc12. The van der Waals surface area contributed by atoms with E-state index in [0.717, 1.165) is 33.0 Å². The first-order valence-corrected chi connectivity index (χ1v) is 7.87. The quantitative estimate of drug-likeness (QED) is 0.578. The Labute approximate surface area is 138 Å². The maximum atomic E-state index is 8.96. The van der Waals surface area contributed by atoms with Crippen LogP contribution >= 0.6 is 0 Å². The molecule has 0 amide bonds. The molecule has 0 saturated carbocycles. The lowest BCUT2D eigenvalue weighted by Crippen LogP contribution is -2.04. The molecule has 0 atom stereocenters. The number of aliphatic hydroxyl groups is 1. The van der Waals surface area contributed by atoms with E-state index in [1.807, 2.05) is 30.3 Å². The van der Waals surface area contributed by atoms with E-state index >= 15 is 0 Å². The molecule has 0 bridgehead atoms. The zero-order valence-corrected chi connectivity index (χ0v) is 13.0. The van der Waals surface area contributed by atoms with Gasteiger partial charge in [0.05, 0.1) is 17.8 Å². The minimum Gasteiger partial charge on any atom is -0.477 e. The second kappa shape index (κ2) is 6.33. The maximum absolute atomic E-state index is 8.96. The summed E-state index contributed by atoms with van der Waals surface area (Å²) in [5.74, 6) is 0.589. The van der Waals surface area contributed by atoms with Crippen LogP contribution in [0.4, 0.5) is 0 Å². The molecule has 1 N–H and O–H groups in total. The molecule has 1 aliphatic rings. The van der Waals surface area contributed by atoms with Gasteiger partial charge in [0.25, 0.3) is 0 Å². The minimum atomic E-state index is 0.0997. The second-order valence-electron chi connectivity index (χ2n) is 5.56. The van der Waals surface area contributed by atoms with Crippen molar-refractivity contribution in [1.29, 1.82) is 0 Å². The summed E-state index contributed by atoms with van der Waals surface area (Å²) in [6, 6.07) is 14.1. The molecule has 0 saturated heterocycles. The van der Waals surface area contributed by atoms with Gasteiger partial charge >= 0.3 is 0 Å². The van der Waals surface area contributed by atoms with Crippen LogP contribution in [0.3, 0.4) is 0 Å². The number of fused-ring (bicyclic) bond motifs is 3. The molecule has 3 aromatic rings. The number of ether oxygens (including phenoxy) is 1. The van der Waals surface area contributed by atoms with Crippen molar-refractivity contribution in [2.24, 2.45) is 15.4 Å². The third-order valence-electron chi connectivity index (χ3n) is 3.99. The van der Waals surface area contributed by atoms with Gasteiger partial charge in [0.15, 0.2) is 0 Å². The van der Waals surface area contributed by atoms with Gasteiger partial charge in [-0.1, -0.05) is 30.3 Å². The lowest BCUT2D eigenvalue weighted by Gasteiger charge is -2.11. The Bertz CT molecular complexity index is 966. The summed E-state index contributed by atoms with van der Waals surface area (Å²) in [6.07, 6.45) is 0.577. The molecule has 0 spiro atoms. The topological polar surface area (TPSA) is 79.4 Å². The van der Waals surface area contributed by atoms with Gasteiger partial charge in [-0.25, -0.2) is 4.98 Å². The van der Waals surface area contributed by atoms with Crippen LogP contribution in [0, 0.1) is 0 Å². The number of hydrogen-bond acceptors (Lipinski definition) is 6. The van der Waals surface area contributed by atoms with E-state index in [2.05, 4.69) is 32.6 Å². The number of aromatic nitrogens is 1. The monoisotopic (exact) mass is 320 g/mol. The fourth-order valence-electron chi connectivity index (χ4n) is 2.81. The summed E-state index contributed by atoms with van der Waals surface area (Å²) in [7, 11) is 0. The van der Waals surface area contributed by atoms with Crippen LogP contribution in [0.25, 0.3) is 21.7 Å². The van der Waals surface area contributed by atoms with Gasteiger partial charge < -0.3 is 9.84 Å². The number of benzene rings is 2. The van der Waals surface area contributed by atoms with Crippen molar-refractivity contribution < 1.29 is 9.84 Å². The third-order valence-corrected chi connectivity index (χ3v) is 3.99. The van der Waals surface area contributed by atoms with Crippen molar-refractivity contribution >= 4 is 27.4 Å². The summed E-state index contributed by atoms with van der Waals surface area (Å²) in [4.78, 5) is 4.69. The van der Waals surface area contributed by atoms with E-state index in [9.17, 15) is 0 Å². The van der Waals surface area contributed by atoms with Crippen LogP contribution in [0.5, 0.6) is 5.88 Å². The van der Waals surface area contributed by atoms with Gasteiger partial charge in [-0.05, 0) is 22.7 Å². The highest BCUT2D eigenvalue weighted by atomic mass is 16.5. The molecule has 2 heterocycles. The van der Waals surface area contributed by atoms with Gasteiger partial charge in [0, 0.05) is 29.4 Å². The predicted octanol–water partition coefficient (Wildman–Crippen LogP) is 3.32. The molecule has 0 radical (unpaired) electrons. The summed E-state index contributed by atoms with van der Waals surface area (Å²) in [5, 5.41) is 23.7. The molecular formula is C18H16N4O2. The van der Waals surface area contributed by atoms with E-state index in [4.69, 9.17) is 9.84 Å². The van der Waals surface area contributed by atoms with E-state index in [-0.39, 0.29) is 6.61 Å². The lowest BCUT2D eigenvalue weighted by atomic mass is 10.0. The van der Waals surface area contributed by atoms with Crippen LogP contribution in [-0.4, -0.2) is 35.6 Å². The number of nitrogens with zero attached hydrogens (tertiary/aromatic N) is 4. The first kappa shape index (κ1) is 14.7. The van der Waals surface area contributed by atoms with E-state index in [0.29, 0.717) is 25.5 Å². The zero-order valence-electron chi connectivity index (χ0n) is 13.0. The summed E-state index contributed by atoms with van der Waals surface area (Å²) in [5.41, 5.74) is 2.66. The van der Waals surface area contributed by atoms with Crippen molar-refractivity contribution in [3.05, 3.63) is 48.0 Å². The standard InChI is InChI=1S/C18H16N4O2/c23-8-3-9-24-18-15-5-2-1-4-13(15)14-7-6-12(10-16(14)20-18)17-11-19-22-21-17/h1-2,4-7,10,23H,3,8-9,11H2. The molecule has 6 nitrogen and oxygen atoms in total. The highest BCUT2D eigenvalue weighted by Crippen LogP contribution is 2.31. The number of rotatable bonds is 5. The number of pyridine rings is 1. The Hall–Kier alpha value is -2.86. The normalized spacial score (nSPS) is 13.6. The Morgan fingerprint density at radius 3 is 2.71 bits per heavy atom. The van der Waals surface area contributed by atoms with Crippen molar-refractivity contribution in [3.63, 3.8) is 0 Å². The van der Waals surface area contributed by atoms with Crippen molar-refractivity contribution in [3.8, 4) is 5.88 Å². The molecule has 6 heteroatoms. The van der Waals surface area contributed by atoms with Gasteiger partial charge in [-0.3, -0.25) is 0 Å². The fraction of sp³-hybridized carbons (Fsp3) is 0.222. The fourth-order valence-corrected chi connectivity index (χ4v) is 2.81. The van der Waals surface area contributed by atoms with Crippen LogP contribution in [0.15, 0.2) is 57.9 Å². The van der Waals surface area contributed by atoms with Crippen LogP contribution in [0.2, 0.25) is 0 Å². The van der Waals surface area contributed by atoms with Gasteiger partial charge in [0.2, 0.25) is 5.88 Å². The Morgan fingerprint density at radius 1 is 1.04 bits per heavy atom. The molecule has 0 fully saturated rings. The largest absolute Gasteiger partial charge is 0.477 e. The lowest BCUT2D eigenvalue weighted by molar-refractivity contribution is 0.231. The molecule has 0 unspecified atom stereocenters. The number of hydrogen-bond donors (Lipinski definition) is 1. The number of aliphatic hydroxyl groups excluding tert-OH is 1. The zero-order chi connectivity index (χ0) is 16.4. The smallest absolute Gasteiger partial charge is 0.221 e. The molecular weight excluding hydrogens is 304 g/mol. The molecule has 1 aromatic heterocycles. The highest BCUT2D eigenvalue weighted by Gasteiger charge is 2.13. The summed E-state index contributed by atoms with van der Waals surface area (Å²) < 4.78 is 5.79. The molecule has 0 aliphatic carbocycles.